The van der Waals surface area contributed by atoms with E-state index in [9.17, 15) is 9.90 Å². The summed E-state index contributed by atoms with van der Waals surface area (Å²) in [7, 11) is 0. The van der Waals surface area contributed by atoms with Crippen LogP contribution >= 0.6 is 0 Å². The Bertz CT molecular complexity index is 607. The fraction of sp³-hybridized carbons (Fsp3) is 0.353. The maximum absolute atomic E-state index is 12.1. The molecule has 21 heavy (non-hydrogen) atoms. The second kappa shape index (κ2) is 7.20. The lowest BCUT2D eigenvalue weighted by atomic mass is 10.0. The molecule has 2 aromatic carbocycles. The number of unbranched alkanes of at least 4 members (excludes halogenated alkanes) is 1. The zero-order valence-corrected chi connectivity index (χ0v) is 12.3. The van der Waals surface area contributed by atoms with E-state index < -0.39 is 18.1 Å². The monoisotopic (exact) mass is 286 g/mol. The average Bonchev–Trinajstić information content (AvgIpc) is 2.52. The number of aliphatic hydroxyl groups excluding tert-OH is 1. The van der Waals surface area contributed by atoms with Gasteiger partial charge in [0.1, 0.15) is 6.10 Å². The van der Waals surface area contributed by atoms with Crippen molar-refractivity contribution >= 4 is 22.4 Å². The van der Waals surface area contributed by atoms with Gasteiger partial charge in [0.2, 0.25) is 0 Å². The van der Waals surface area contributed by atoms with Crippen molar-refractivity contribution in [2.24, 2.45) is 5.73 Å². The number of fused-ring (bicyclic) bond motifs is 1. The largest absolute Gasteiger partial charge is 0.382 e. The molecule has 4 nitrogen and oxygen atoms in total. The van der Waals surface area contributed by atoms with Crippen molar-refractivity contribution in [3.63, 3.8) is 0 Å². The minimum Gasteiger partial charge on any atom is -0.382 e. The van der Waals surface area contributed by atoms with E-state index in [2.05, 4.69) is 12.2 Å². The molecule has 0 aromatic heterocycles. The Morgan fingerprint density at radius 1 is 1.24 bits per heavy atom. The zero-order valence-electron chi connectivity index (χ0n) is 12.3. The normalized spacial score (nSPS) is 13.9. The lowest BCUT2D eigenvalue weighted by molar-refractivity contribution is -0.125. The molecule has 0 aliphatic heterocycles. The second-order valence-corrected chi connectivity index (χ2v) is 5.27. The van der Waals surface area contributed by atoms with E-state index in [0.29, 0.717) is 12.1 Å². The van der Waals surface area contributed by atoms with E-state index >= 15 is 0 Å². The third-order valence-corrected chi connectivity index (χ3v) is 3.61. The number of anilines is 1. The van der Waals surface area contributed by atoms with Crippen LogP contribution in [0.5, 0.6) is 0 Å². The standard InChI is InChI=1S/C17H22N2O2/c1-2-3-10-14(18)16(20)17(21)19-15-11-6-8-12-7-4-5-9-13(12)15/h4-9,11,14,16,20H,2-3,10,18H2,1H3,(H,19,21)/t14-,16+/m1/s1. The van der Waals surface area contributed by atoms with E-state index in [-0.39, 0.29) is 0 Å². The maximum atomic E-state index is 12.1. The van der Waals surface area contributed by atoms with Crippen molar-refractivity contribution in [3.05, 3.63) is 42.5 Å². The minimum absolute atomic E-state index is 0.449. The van der Waals surface area contributed by atoms with Crippen LogP contribution in [0.1, 0.15) is 26.2 Å². The second-order valence-electron chi connectivity index (χ2n) is 5.27. The summed E-state index contributed by atoms with van der Waals surface area (Å²) in [5, 5.41) is 14.8. The van der Waals surface area contributed by atoms with Crippen molar-refractivity contribution in [2.75, 3.05) is 5.32 Å². The van der Waals surface area contributed by atoms with Gasteiger partial charge in [0.25, 0.3) is 5.91 Å². The van der Waals surface area contributed by atoms with Crippen LogP contribution in [0, 0.1) is 0 Å². The molecule has 4 N–H and O–H groups in total. The predicted molar refractivity (Wildman–Crippen MR) is 86.1 cm³/mol. The molecule has 0 heterocycles. The summed E-state index contributed by atoms with van der Waals surface area (Å²) in [6.45, 7) is 2.05. The molecule has 1 amide bonds. The Hall–Kier alpha value is -1.91. The first-order valence-corrected chi connectivity index (χ1v) is 7.35. The summed E-state index contributed by atoms with van der Waals surface area (Å²) in [5.74, 6) is -0.449. The van der Waals surface area contributed by atoms with Gasteiger partial charge < -0.3 is 16.2 Å². The van der Waals surface area contributed by atoms with Crippen LogP contribution in [0.25, 0.3) is 10.8 Å². The van der Waals surface area contributed by atoms with Gasteiger partial charge in [-0.15, -0.1) is 0 Å². The first kappa shape index (κ1) is 15.5. The molecule has 0 fully saturated rings. The molecule has 0 spiro atoms. The molecule has 2 atom stereocenters. The molecule has 0 saturated heterocycles. The molecule has 0 aliphatic rings. The number of carbonyl (C=O) groups is 1. The molecule has 112 valence electrons. The maximum Gasteiger partial charge on any atom is 0.254 e. The van der Waals surface area contributed by atoms with E-state index in [1.54, 1.807) is 0 Å². The highest BCUT2D eigenvalue weighted by molar-refractivity contribution is 6.03. The van der Waals surface area contributed by atoms with Crippen molar-refractivity contribution in [1.82, 2.24) is 0 Å². The molecule has 0 bridgehead atoms. The first-order chi connectivity index (χ1) is 10.1. The van der Waals surface area contributed by atoms with Gasteiger partial charge in [0, 0.05) is 17.1 Å². The highest BCUT2D eigenvalue weighted by atomic mass is 16.3. The third-order valence-electron chi connectivity index (χ3n) is 3.61. The van der Waals surface area contributed by atoms with Gasteiger partial charge in [-0.3, -0.25) is 4.79 Å². The molecular formula is C17H22N2O2. The fourth-order valence-electron chi connectivity index (χ4n) is 2.33. The lowest BCUT2D eigenvalue weighted by Gasteiger charge is -2.18. The average molecular weight is 286 g/mol. The quantitative estimate of drug-likeness (QED) is 0.764. The van der Waals surface area contributed by atoms with Gasteiger partial charge in [-0.1, -0.05) is 56.2 Å². The lowest BCUT2D eigenvalue weighted by Crippen LogP contribution is -2.43. The number of hydrogen-bond acceptors (Lipinski definition) is 3. The highest BCUT2D eigenvalue weighted by Gasteiger charge is 2.22. The molecule has 0 unspecified atom stereocenters. The Morgan fingerprint density at radius 2 is 1.95 bits per heavy atom. The number of hydrogen-bond donors (Lipinski definition) is 3. The number of nitrogens with two attached hydrogens (primary N) is 1. The highest BCUT2D eigenvalue weighted by Crippen LogP contribution is 2.23. The van der Waals surface area contributed by atoms with Crippen LogP contribution in [0.15, 0.2) is 42.5 Å². The number of nitrogens with one attached hydrogen (secondary N) is 1. The predicted octanol–water partition coefficient (Wildman–Crippen LogP) is 2.66. The van der Waals surface area contributed by atoms with E-state index in [1.807, 2.05) is 42.5 Å². The van der Waals surface area contributed by atoms with Crippen LogP contribution in [0.4, 0.5) is 5.69 Å². The van der Waals surface area contributed by atoms with Gasteiger partial charge in [-0.25, -0.2) is 0 Å². The van der Waals surface area contributed by atoms with Crippen LogP contribution in [0.3, 0.4) is 0 Å². The molecule has 2 rings (SSSR count). The number of rotatable bonds is 6. The van der Waals surface area contributed by atoms with Crippen molar-refractivity contribution in [1.29, 1.82) is 0 Å². The van der Waals surface area contributed by atoms with Crippen molar-refractivity contribution in [2.45, 2.75) is 38.3 Å². The smallest absolute Gasteiger partial charge is 0.254 e. The Balaban J connectivity index is 2.11. The van der Waals surface area contributed by atoms with E-state index in [4.69, 9.17) is 5.73 Å². The molecular weight excluding hydrogens is 264 g/mol. The van der Waals surface area contributed by atoms with Crippen LogP contribution < -0.4 is 11.1 Å². The molecule has 0 saturated carbocycles. The Morgan fingerprint density at radius 3 is 2.71 bits per heavy atom. The topological polar surface area (TPSA) is 75.3 Å². The summed E-state index contributed by atoms with van der Waals surface area (Å²) < 4.78 is 0. The van der Waals surface area contributed by atoms with E-state index in [1.165, 1.54) is 0 Å². The van der Waals surface area contributed by atoms with Gasteiger partial charge >= 0.3 is 0 Å². The van der Waals surface area contributed by atoms with Gasteiger partial charge in [-0.05, 0) is 17.9 Å². The number of amides is 1. The van der Waals surface area contributed by atoms with E-state index in [0.717, 1.165) is 23.6 Å². The Kier molecular flexibility index (Phi) is 5.31. The van der Waals surface area contributed by atoms with Gasteiger partial charge in [-0.2, -0.15) is 0 Å². The summed E-state index contributed by atoms with van der Waals surface area (Å²) in [4.78, 5) is 12.1. The van der Waals surface area contributed by atoms with Crippen LogP contribution in [-0.4, -0.2) is 23.2 Å². The van der Waals surface area contributed by atoms with Crippen molar-refractivity contribution in [3.8, 4) is 0 Å². The molecule has 2 aromatic rings. The summed E-state index contributed by atoms with van der Waals surface area (Å²) >= 11 is 0. The van der Waals surface area contributed by atoms with Gasteiger partial charge in [0.15, 0.2) is 0 Å². The van der Waals surface area contributed by atoms with Crippen LogP contribution in [0.2, 0.25) is 0 Å². The Labute approximate surface area is 125 Å². The molecule has 0 aliphatic carbocycles. The fourth-order valence-corrected chi connectivity index (χ4v) is 2.33. The van der Waals surface area contributed by atoms with Gasteiger partial charge in [0.05, 0.1) is 0 Å². The number of aliphatic hydroxyl groups is 1. The zero-order chi connectivity index (χ0) is 15.2. The molecule has 0 radical (unpaired) electrons. The third kappa shape index (κ3) is 3.80. The SMILES string of the molecule is CCCC[C@@H](N)[C@H](O)C(=O)Nc1cccc2ccccc12. The minimum atomic E-state index is -1.18. The summed E-state index contributed by atoms with van der Waals surface area (Å²) in [5.41, 5.74) is 6.55. The van der Waals surface area contributed by atoms with Crippen molar-refractivity contribution < 1.29 is 9.90 Å². The number of benzene rings is 2. The number of carbonyl (C=O) groups excluding carboxylic acids is 1. The first-order valence-electron chi connectivity index (χ1n) is 7.35. The summed E-state index contributed by atoms with van der Waals surface area (Å²) in [6.07, 6.45) is 1.35. The van der Waals surface area contributed by atoms with Crippen LogP contribution in [-0.2, 0) is 4.79 Å². The summed E-state index contributed by atoms with van der Waals surface area (Å²) in [6, 6.07) is 12.9. The molecule has 4 heteroatoms.